The normalized spacial score (nSPS) is 26.2. The van der Waals surface area contributed by atoms with Crippen molar-refractivity contribution in [3.63, 3.8) is 0 Å². The van der Waals surface area contributed by atoms with Crippen LogP contribution in [0.3, 0.4) is 0 Å². The first-order chi connectivity index (χ1) is 11.8. The Morgan fingerprint density at radius 2 is 2.00 bits per heavy atom. The fraction of sp³-hybridized carbons (Fsp3) is 0.588. The number of hydrogen-bond acceptors (Lipinski definition) is 6. The third-order valence-corrected chi connectivity index (χ3v) is 6.72. The van der Waals surface area contributed by atoms with Gasteiger partial charge in [-0.2, -0.15) is 5.26 Å². The van der Waals surface area contributed by atoms with Crippen molar-refractivity contribution in [2.75, 3.05) is 5.32 Å². The summed E-state index contributed by atoms with van der Waals surface area (Å²) >= 11 is 1.79. The molecule has 2 aliphatic carbocycles. The summed E-state index contributed by atoms with van der Waals surface area (Å²) in [6, 6.07) is 3.49. The average Bonchev–Trinajstić information content (AvgIpc) is 3.16. The topological polar surface area (TPSA) is 73.6 Å². The zero-order valence-corrected chi connectivity index (χ0v) is 14.8. The molecule has 2 aromatic heterocycles. The van der Waals surface area contributed by atoms with Crippen LogP contribution >= 0.6 is 11.3 Å². The Labute approximate surface area is 147 Å². The van der Waals surface area contributed by atoms with E-state index in [1.54, 1.807) is 17.7 Å². The van der Waals surface area contributed by atoms with E-state index in [-0.39, 0.29) is 0 Å². The zero-order valence-electron chi connectivity index (χ0n) is 14.0. The lowest BCUT2D eigenvalue weighted by Gasteiger charge is -2.29. The van der Waals surface area contributed by atoms with E-state index in [9.17, 15) is 0 Å². The number of rotatable bonds is 4. The molecule has 0 amide bonds. The molecule has 4 rings (SSSR count). The predicted molar refractivity (Wildman–Crippen MR) is 100 cm³/mol. The molecule has 0 aliphatic heterocycles. The van der Waals surface area contributed by atoms with Gasteiger partial charge in [-0.25, -0.2) is 9.97 Å². The second kappa shape index (κ2) is 6.69. The molecule has 0 radical (unpaired) electrons. The first-order valence-corrected chi connectivity index (χ1v) is 9.68. The zero-order chi connectivity index (χ0) is 16.5. The monoisotopic (exact) mass is 339 g/mol. The van der Waals surface area contributed by atoms with E-state index < -0.39 is 0 Å². The highest BCUT2D eigenvalue weighted by Crippen LogP contribution is 2.46. The van der Waals surface area contributed by atoms with E-state index in [0.29, 0.717) is 24.4 Å². The van der Waals surface area contributed by atoms with Gasteiger partial charge in [-0.3, -0.25) is 0 Å². The lowest BCUT2D eigenvalue weighted by molar-refractivity contribution is 0.393. The minimum absolute atomic E-state index is 0.352. The van der Waals surface area contributed by atoms with Gasteiger partial charge < -0.3 is 10.5 Å². The number of nitrogens with zero attached hydrogens (tertiary/aromatic N) is 3. The Hall–Kier alpha value is -1.65. The molecular formula is C17H22BN5S. The minimum atomic E-state index is 0.352. The van der Waals surface area contributed by atoms with E-state index in [0.717, 1.165) is 23.5 Å². The molecule has 2 heterocycles. The molecule has 1 atom stereocenters. The molecule has 5 nitrogen and oxygen atoms in total. The molecule has 24 heavy (non-hydrogen) atoms. The highest BCUT2D eigenvalue weighted by Gasteiger charge is 2.30. The van der Waals surface area contributed by atoms with Gasteiger partial charge in [0.05, 0.1) is 11.5 Å². The maximum atomic E-state index is 9.14. The van der Waals surface area contributed by atoms with Gasteiger partial charge in [0.2, 0.25) is 0 Å². The standard InChI is InChI=1S/C17H22BN5S/c18-23-12-4-2-11(3-5-12)22-16-15-14-10(7-8-19)1-6-13(14)24-17(15)21-9-20-16/h9-12,23H,1-7,18H2,(H,20,21,22)/t10-,11-,12-/m1/s1. The Morgan fingerprint density at radius 1 is 1.21 bits per heavy atom. The molecule has 2 aliphatic rings. The van der Waals surface area contributed by atoms with E-state index in [1.807, 2.05) is 0 Å². The van der Waals surface area contributed by atoms with Crippen molar-refractivity contribution >= 4 is 35.4 Å². The highest BCUT2D eigenvalue weighted by molar-refractivity contribution is 7.19. The Morgan fingerprint density at radius 3 is 2.75 bits per heavy atom. The lowest BCUT2D eigenvalue weighted by Crippen LogP contribution is -2.35. The van der Waals surface area contributed by atoms with Crippen molar-refractivity contribution in [2.45, 2.75) is 62.9 Å². The first kappa shape index (κ1) is 15.9. The number of thiophene rings is 1. The summed E-state index contributed by atoms with van der Waals surface area (Å²) in [7, 11) is 2.05. The molecule has 2 N–H and O–H groups in total. The van der Waals surface area contributed by atoms with Gasteiger partial charge in [0.15, 0.2) is 7.98 Å². The third kappa shape index (κ3) is 2.78. The van der Waals surface area contributed by atoms with Crippen LogP contribution in [0.5, 0.6) is 0 Å². The van der Waals surface area contributed by atoms with E-state index >= 15 is 0 Å². The highest BCUT2D eigenvalue weighted by atomic mass is 32.1. The van der Waals surface area contributed by atoms with Crippen molar-refractivity contribution in [3.8, 4) is 6.07 Å². The fourth-order valence-corrected chi connectivity index (χ4v) is 5.45. The van der Waals surface area contributed by atoms with Gasteiger partial charge >= 0.3 is 0 Å². The van der Waals surface area contributed by atoms with Gasteiger partial charge in [-0.05, 0) is 56.0 Å². The van der Waals surface area contributed by atoms with E-state index in [1.165, 1.54) is 41.5 Å². The molecule has 1 saturated carbocycles. The maximum absolute atomic E-state index is 9.14. The van der Waals surface area contributed by atoms with Gasteiger partial charge in [-0.1, -0.05) is 0 Å². The molecule has 2 aromatic rings. The largest absolute Gasteiger partial charge is 0.367 e. The van der Waals surface area contributed by atoms with Crippen LogP contribution in [-0.2, 0) is 6.42 Å². The summed E-state index contributed by atoms with van der Waals surface area (Å²) in [5, 5.41) is 17.4. The summed E-state index contributed by atoms with van der Waals surface area (Å²) in [4.78, 5) is 11.5. The Bertz CT molecular complexity index is 775. The summed E-state index contributed by atoms with van der Waals surface area (Å²) in [6.45, 7) is 0. The van der Waals surface area contributed by atoms with Gasteiger partial charge in [0.1, 0.15) is 17.0 Å². The Kier molecular flexibility index (Phi) is 4.42. The molecule has 124 valence electrons. The fourth-order valence-electron chi connectivity index (χ4n) is 4.21. The second-order valence-corrected chi connectivity index (χ2v) is 8.00. The maximum Gasteiger partial charge on any atom is 0.182 e. The number of fused-ring (bicyclic) bond motifs is 3. The average molecular weight is 339 g/mol. The van der Waals surface area contributed by atoms with Gasteiger partial charge in [-0.15, -0.1) is 11.3 Å². The molecule has 0 unspecified atom stereocenters. The Balaban J connectivity index is 1.63. The van der Waals surface area contributed by atoms with Crippen molar-refractivity contribution < 1.29 is 0 Å². The van der Waals surface area contributed by atoms with Crippen LogP contribution in [0, 0.1) is 11.3 Å². The van der Waals surface area contributed by atoms with Crippen LogP contribution < -0.4 is 10.5 Å². The summed E-state index contributed by atoms with van der Waals surface area (Å²) in [6.07, 6.45) is 9.20. The van der Waals surface area contributed by atoms with Gasteiger partial charge in [0, 0.05) is 17.3 Å². The van der Waals surface area contributed by atoms with Crippen molar-refractivity contribution in [3.05, 3.63) is 16.8 Å². The molecule has 0 spiro atoms. The molecule has 7 heteroatoms. The summed E-state index contributed by atoms with van der Waals surface area (Å²) in [5.74, 6) is 1.33. The summed E-state index contributed by atoms with van der Waals surface area (Å²) in [5.41, 5.74) is 1.35. The van der Waals surface area contributed by atoms with Crippen LogP contribution in [0.4, 0.5) is 5.82 Å². The van der Waals surface area contributed by atoms with Crippen LogP contribution in [-0.4, -0.2) is 30.0 Å². The SMILES string of the molecule is BN[C@H]1CC[C@H](Nc2ncnc3sc4c(c23)[C@@H](CC#N)CC4)CC1. The molecular weight excluding hydrogens is 317 g/mol. The van der Waals surface area contributed by atoms with Crippen molar-refractivity contribution in [1.82, 2.24) is 15.2 Å². The number of anilines is 1. The number of nitriles is 1. The number of aryl methyl sites for hydroxylation is 1. The third-order valence-electron chi connectivity index (χ3n) is 5.54. The minimum Gasteiger partial charge on any atom is -0.367 e. The van der Waals surface area contributed by atoms with Crippen LogP contribution in [0.1, 0.15) is 54.9 Å². The first-order valence-electron chi connectivity index (χ1n) is 8.87. The molecule has 1 fully saturated rings. The predicted octanol–water partition coefficient (Wildman–Crippen LogP) is 2.50. The lowest BCUT2D eigenvalue weighted by atomic mass is 9.90. The van der Waals surface area contributed by atoms with E-state index in [2.05, 4.69) is 34.6 Å². The van der Waals surface area contributed by atoms with Crippen LogP contribution in [0.15, 0.2) is 6.33 Å². The number of nitrogens with one attached hydrogen (secondary N) is 2. The van der Waals surface area contributed by atoms with E-state index in [4.69, 9.17) is 5.26 Å². The molecule has 0 saturated heterocycles. The summed E-state index contributed by atoms with van der Waals surface area (Å²) < 4.78 is 0. The van der Waals surface area contributed by atoms with Crippen molar-refractivity contribution in [1.29, 1.82) is 5.26 Å². The quantitative estimate of drug-likeness (QED) is 0.838. The molecule has 0 aromatic carbocycles. The van der Waals surface area contributed by atoms with Gasteiger partial charge in [0.25, 0.3) is 0 Å². The van der Waals surface area contributed by atoms with Crippen LogP contribution in [0.25, 0.3) is 10.2 Å². The number of hydrogen-bond donors (Lipinski definition) is 2. The van der Waals surface area contributed by atoms with Crippen LogP contribution in [0.2, 0.25) is 0 Å². The number of aromatic nitrogens is 2. The molecule has 0 bridgehead atoms. The smallest absolute Gasteiger partial charge is 0.182 e. The second-order valence-electron chi connectivity index (χ2n) is 6.92. The van der Waals surface area contributed by atoms with Crippen molar-refractivity contribution in [2.24, 2.45) is 0 Å².